The fourth-order valence-electron chi connectivity index (χ4n) is 2.16. The first-order chi connectivity index (χ1) is 9.16. The van der Waals surface area contributed by atoms with Crippen molar-refractivity contribution in [3.63, 3.8) is 0 Å². The molecule has 1 fully saturated rings. The lowest BCUT2D eigenvalue weighted by atomic mass is 10.0. The van der Waals surface area contributed by atoms with Crippen molar-refractivity contribution in [1.29, 1.82) is 0 Å². The number of carbonyl (C=O) groups is 1. The molecule has 2 rings (SSSR count). The summed E-state index contributed by atoms with van der Waals surface area (Å²) in [6, 6.07) is 7.14. The Bertz CT molecular complexity index is 430. The lowest BCUT2D eigenvalue weighted by Crippen LogP contribution is -2.40. The van der Waals surface area contributed by atoms with Gasteiger partial charge in [0.2, 0.25) is 5.91 Å². The summed E-state index contributed by atoms with van der Waals surface area (Å²) in [5.74, 6) is 0.0752. The molecule has 19 heavy (non-hydrogen) atoms. The Morgan fingerprint density at radius 2 is 2.16 bits per heavy atom. The summed E-state index contributed by atoms with van der Waals surface area (Å²) in [6.07, 6.45) is 0.115. The number of ether oxygens (including phenoxy) is 1. The first kappa shape index (κ1) is 13.8. The number of benzene rings is 1. The van der Waals surface area contributed by atoms with Crippen LogP contribution in [0.2, 0.25) is 0 Å². The van der Waals surface area contributed by atoms with Gasteiger partial charge in [0.05, 0.1) is 19.3 Å². The molecule has 1 aromatic rings. The average molecular weight is 264 g/mol. The number of hydrogen-bond donors (Lipinski definition) is 2. The Balaban J connectivity index is 1.82. The van der Waals surface area contributed by atoms with Crippen LogP contribution >= 0.6 is 0 Å². The van der Waals surface area contributed by atoms with Crippen LogP contribution in [0.25, 0.3) is 0 Å². The summed E-state index contributed by atoms with van der Waals surface area (Å²) >= 11 is 0. The number of hydrogen-bond acceptors (Lipinski definition) is 4. The molecule has 1 aliphatic rings. The van der Waals surface area contributed by atoms with Gasteiger partial charge in [0.25, 0.3) is 0 Å². The number of nitrogens with zero attached hydrogens (tertiary/aromatic N) is 1. The van der Waals surface area contributed by atoms with Gasteiger partial charge in [0.1, 0.15) is 0 Å². The number of anilines is 1. The molecule has 1 unspecified atom stereocenters. The van der Waals surface area contributed by atoms with Crippen LogP contribution in [-0.4, -0.2) is 42.2 Å². The van der Waals surface area contributed by atoms with Gasteiger partial charge in [-0.15, -0.1) is 0 Å². The molecule has 1 atom stereocenters. The second-order valence-electron chi connectivity index (χ2n) is 4.72. The molecule has 0 aromatic heterocycles. The maximum Gasteiger partial charge on any atom is 0.222 e. The molecule has 0 spiro atoms. The van der Waals surface area contributed by atoms with Gasteiger partial charge in [-0.05, 0) is 24.1 Å². The van der Waals surface area contributed by atoms with Crippen LogP contribution in [0.3, 0.4) is 0 Å². The molecule has 1 heterocycles. The molecule has 3 N–H and O–H groups in total. The summed E-state index contributed by atoms with van der Waals surface area (Å²) in [7, 11) is 0. The average Bonchev–Trinajstić information content (AvgIpc) is 2.45. The molecule has 1 aromatic carbocycles. The summed E-state index contributed by atoms with van der Waals surface area (Å²) < 4.78 is 5.20. The highest BCUT2D eigenvalue weighted by Gasteiger charge is 2.18. The van der Waals surface area contributed by atoms with Gasteiger partial charge in [-0.25, -0.2) is 0 Å². The van der Waals surface area contributed by atoms with Crippen LogP contribution in [0.4, 0.5) is 5.69 Å². The molecular weight excluding hydrogens is 244 g/mol. The van der Waals surface area contributed by atoms with Crippen molar-refractivity contribution < 1.29 is 14.6 Å². The normalized spacial score (nSPS) is 17.2. The van der Waals surface area contributed by atoms with Gasteiger partial charge >= 0.3 is 0 Å². The van der Waals surface area contributed by atoms with E-state index in [0.29, 0.717) is 44.8 Å². The van der Waals surface area contributed by atoms with E-state index < -0.39 is 6.10 Å². The molecule has 1 saturated heterocycles. The van der Waals surface area contributed by atoms with Crippen LogP contribution in [0, 0.1) is 0 Å². The molecule has 0 radical (unpaired) electrons. The van der Waals surface area contributed by atoms with E-state index in [-0.39, 0.29) is 5.91 Å². The zero-order chi connectivity index (χ0) is 13.7. The van der Waals surface area contributed by atoms with Crippen LogP contribution in [-0.2, 0) is 9.53 Å². The van der Waals surface area contributed by atoms with Crippen molar-refractivity contribution in [2.24, 2.45) is 0 Å². The number of nitrogens with two attached hydrogens (primary N) is 1. The lowest BCUT2D eigenvalue weighted by Gasteiger charge is -2.27. The fraction of sp³-hybridized carbons (Fsp3) is 0.500. The largest absolute Gasteiger partial charge is 0.399 e. The van der Waals surface area contributed by atoms with Gasteiger partial charge < -0.3 is 20.5 Å². The Morgan fingerprint density at radius 1 is 1.42 bits per heavy atom. The minimum atomic E-state index is -0.645. The minimum Gasteiger partial charge on any atom is -0.399 e. The zero-order valence-electron chi connectivity index (χ0n) is 10.9. The Labute approximate surface area is 113 Å². The number of aliphatic hydroxyl groups excluding tert-OH is 1. The zero-order valence-corrected chi connectivity index (χ0v) is 10.9. The summed E-state index contributed by atoms with van der Waals surface area (Å²) in [6.45, 7) is 2.49. The number of carbonyl (C=O) groups excluding carboxylic acids is 1. The van der Waals surface area contributed by atoms with E-state index in [2.05, 4.69) is 0 Å². The standard InChI is InChI=1S/C14H20N2O3/c15-12-3-1-2-11(10-12)13(17)4-5-14(18)16-6-8-19-9-7-16/h1-3,10,13,17H,4-9,15H2. The smallest absolute Gasteiger partial charge is 0.222 e. The van der Waals surface area contributed by atoms with Gasteiger partial charge in [-0.1, -0.05) is 12.1 Å². The van der Waals surface area contributed by atoms with Crippen molar-refractivity contribution in [2.45, 2.75) is 18.9 Å². The van der Waals surface area contributed by atoms with Gasteiger partial charge in [-0.3, -0.25) is 4.79 Å². The first-order valence-electron chi connectivity index (χ1n) is 6.56. The van der Waals surface area contributed by atoms with Crippen molar-refractivity contribution in [3.05, 3.63) is 29.8 Å². The van der Waals surface area contributed by atoms with Crippen LogP contribution in [0.15, 0.2) is 24.3 Å². The maximum absolute atomic E-state index is 11.9. The molecule has 0 saturated carbocycles. The van der Waals surface area contributed by atoms with E-state index in [9.17, 15) is 9.90 Å². The van der Waals surface area contributed by atoms with Crippen LogP contribution < -0.4 is 5.73 Å². The van der Waals surface area contributed by atoms with E-state index in [4.69, 9.17) is 10.5 Å². The van der Waals surface area contributed by atoms with Crippen molar-refractivity contribution >= 4 is 11.6 Å². The summed E-state index contributed by atoms with van der Waals surface area (Å²) in [4.78, 5) is 13.7. The number of morpholine rings is 1. The predicted molar refractivity (Wildman–Crippen MR) is 72.4 cm³/mol. The van der Waals surface area contributed by atoms with E-state index in [1.807, 2.05) is 6.07 Å². The second kappa shape index (κ2) is 6.54. The molecule has 0 aliphatic carbocycles. The highest BCUT2D eigenvalue weighted by atomic mass is 16.5. The molecular formula is C14H20N2O3. The lowest BCUT2D eigenvalue weighted by molar-refractivity contribution is -0.135. The SMILES string of the molecule is Nc1cccc(C(O)CCC(=O)N2CCOCC2)c1. The Morgan fingerprint density at radius 3 is 2.84 bits per heavy atom. The van der Waals surface area contributed by atoms with Gasteiger partial charge in [-0.2, -0.15) is 0 Å². The second-order valence-corrected chi connectivity index (χ2v) is 4.72. The third kappa shape index (κ3) is 3.94. The number of aliphatic hydroxyl groups is 1. The minimum absolute atomic E-state index is 0.0752. The van der Waals surface area contributed by atoms with Gasteiger partial charge in [0, 0.05) is 25.2 Å². The highest BCUT2D eigenvalue weighted by molar-refractivity contribution is 5.76. The quantitative estimate of drug-likeness (QED) is 0.794. The number of nitrogen functional groups attached to an aromatic ring is 1. The summed E-state index contributed by atoms with van der Waals surface area (Å²) in [5, 5.41) is 10.0. The molecule has 0 bridgehead atoms. The first-order valence-corrected chi connectivity index (χ1v) is 6.56. The van der Waals surface area contributed by atoms with Gasteiger partial charge in [0.15, 0.2) is 0 Å². The van der Waals surface area contributed by atoms with Crippen molar-refractivity contribution in [1.82, 2.24) is 4.90 Å². The fourth-order valence-corrected chi connectivity index (χ4v) is 2.16. The third-order valence-electron chi connectivity index (χ3n) is 3.29. The Hall–Kier alpha value is -1.59. The molecule has 1 amide bonds. The molecule has 1 aliphatic heterocycles. The van der Waals surface area contributed by atoms with E-state index in [0.717, 1.165) is 5.56 Å². The molecule has 5 nitrogen and oxygen atoms in total. The van der Waals surface area contributed by atoms with E-state index in [1.165, 1.54) is 0 Å². The topological polar surface area (TPSA) is 75.8 Å². The number of rotatable bonds is 4. The van der Waals surface area contributed by atoms with Crippen LogP contribution in [0.1, 0.15) is 24.5 Å². The molecule has 104 valence electrons. The monoisotopic (exact) mass is 264 g/mol. The molecule has 5 heteroatoms. The highest BCUT2D eigenvalue weighted by Crippen LogP contribution is 2.20. The van der Waals surface area contributed by atoms with E-state index in [1.54, 1.807) is 23.1 Å². The van der Waals surface area contributed by atoms with Crippen molar-refractivity contribution in [2.75, 3.05) is 32.0 Å². The van der Waals surface area contributed by atoms with Crippen molar-refractivity contribution in [3.8, 4) is 0 Å². The third-order valence-corrected chi connectivity index (χ3v) is 3.29. The van der Waals surface area contributed by atoms with E-state index >= 15 is 0 Å². The Kier molecular flexibility index (Phi) is 4.76. The van der Waals surface area contributed by atoms with Crippen LogP contribution in [0.5, 0.6) is 0 Å². The summed E-state index contributed by atoms with van der Waals surface area (Å²) in [5.41, 5.74) is 7.05. The predicted octanol–water partition coefficient (Wildman–Crippen LogP) is 0.941. The number of amides is 1. The maximum atomic E-state index is 11.9.